The van der Waals surface area contributed by atoms with Crippen molar-refractivity contribution in [3.63, 3.8) is 0 Å². The summed E-state index contributed by atoms with van der Waals surface area (Å²) in [6.45, 7) is 10.1. The molecule has 0 unspecified atom stereocenters. The zero-order valence-electron chi connectivity index (χ0n) is 15.0. The van der Waals surface area contributed by atoms with Crippen LogP contribution in [-0.4, -0.2) is 42.3 Å². The Kier molecular flexibility index (Phi) is 7.38. The van der Waals surface area contributed by atoms with E-state index in [-0.39, 0.29) is 5.91 Å². The number of halogens is 1. The molecule has 1 aromatic rings. The molecule has 1 amide bonds. The van der Waals surface area contributed by atoms with Crippen molar-refractivity contribution < 1.29 is 14.3 Å². The van der Waals surface area contributed by atoms with Crippen LogP contribution in [0.25, 0.3) is 6.08 Å². The molecule has 7 heteroatoms. The minimum Gasteiger partial charge on any atom is -0.493 e. The molecular weight excluding hydrogens is 404 g/mol. The number of likely N-dealkylation sites (N-methyl/N-ethyl adjacent to an activating group) is 1. The van der Waals surface area contributed by atoms with Gasteiger partial charge < -0.3 is 9.47 Å². The van der Waals surface area contributed by atoms with Gasteiger partial charge in [-0.3, -0.25) is 14.7 Å². The second-order valence-electron chi connectivity index (χ2n) is 5.10. The Bertz CT molecular complexity index is 704. The molecule has 25 heavy (non-hydrogen) atoms. The number of aliphatic imine (C=N–C) groups is 1. The molecule has 1 fully saturated rings. The number of amidine groups is 1. The van der Waals surface area contributed by atoms with E-state index in [0.29, 0.717) is 37.0 Å². The molecule has 1 aliphatic heterocycles. The first-order valence-corrected chi connectivity index (χ1v) is 10.0. The van der Waals surface area contributed by atoms with Gasteiger partial charge in [-0.2, -0.15) is 0 Å². The van der Waals surface area contributed by atoms with Gasteiger partial charge in [-0.05, 0) is 67.5 Å². The molecule has 1 saturated heterocycles. The van der Waals surface area contributed by atoms with E-state index < -0.39 is 0 Å². The summed E-state index contributed by atoms with van der Waals surface area (Å²) in [6.07, 6.45) is 1.86. The normalized spacial score (nSPS) is 17.6. The smallest absolute Gasteiger partial charge is 0.266 e. The summed E-state index contributed by atoms with van der Waals surface area (Å²) in [5, 5.41) is 0.754. The molecule has 1 aliphatic rings. The molecule has 0 atom stereocenters. The molecule has 2 rings (SSSR count). The van der Waals surface area contributed by atoms with Gasteiger partial charge in [-0.1, -0.05) is 0 Å². The highest BCUT2D eigenvalue weighted by molar-refractivity contribution is 9.10. The van der Waals surface area contributed by atoms with Crippen LogP contribution in [0.2, 0.25) is 0 Å². The van der Waals surface area contributed by atoms with Crippen LogP contribution in [-0.2, 0) is 4.79 Å². The lowest BCUT2D eigenvalue weighted by atomic mass is 10.1. The van der Waals surface area contributed by atoms with Gasteiger partial charge in [0.1, 0.15) is 11.5 Å². The third-order valence-corrected chi connectivity index (χ3v) is 5.11. The molecule has 0 aliphatic carbocycles. The number of amides is 1. The number of hydrogen-bond donors (Lipinski definition) is 0. The van der Waals surface area contributed by atoms with Gasteiger partial charge in [-0.15, -0.1) is 0 Å². The van der Waals surface area contributed by atoms with E-state index in [1.807, 2.05) is 45.9 Å². The van der Waals surface area contributed by atoms with Crippen LogP contribution in [0.5, 0.6) is 11.5 Å². The molecule has 136 valence electrons. The first-order chi connectivity index (χ1) is 12.0. The minimum atomic E-state index is -0.0212. The monoisotopic (exact) mass is 426 g/mol. The molecule has 1 aromatic carbocycles. The van der Waals surface area contributed by atoms with Crippen LogP contribution in [0, 0.1) is 0 Å². The SMILES string of the molecule is CCN=C1S/C(=C/c2cc(Br)c(OCC)cc2OCC)C(=O)N1CC. The molecule has 0 N–H and O–H groups in total. The lowest BCUT2D eigenvalue weighted by molar-refractivity contribution is -0.122. The zero-order chi connectivity index (χ0) is 18.4. The molecule has 5 nitrogen and oxygen atoms in total. The highest BCUT2D eigenvalue weighted by atomic mass is 79.9. The van der Waals surface area contributed by atoms with E-state index in [2.05, 4.69) is 20.9 Å². The maximum atomic E-state index is 12.6. The third-order valence-electron chi connectivity index (χ3n) is 3.45. The molecular formula is C18H23BrN2O3S. The maximum Gasteiger partial charge on any atom is 0.266 e. The zero-order valence-corrected chi connectivity index (χ0v) is 17.4. The van der Waals surface area contributed by atoms with Crippen molar-refractivity contribution in [2.75, 3.05) is 26.3 Å². The van der Waals surface area contributed by atoms with Gasteiger partial charge in [0.25, 0.3) is 5.91 Å². The average Bonchev–Trinajstić information content (AvgIpc) is 2.87. The lowest BCUT2D eigenvalue weighted by Gasteiger charge is -2.13. The first kappa shape index (κ1) is 19.8. The van der Waals surface area contributed by atoms with Gasteiger partial charge in [0, 0.05) is 24.7 Å². The maximum absolute atomic E-state index is 12.6. The largest absolute Gasteiger partial charge is 0.493 e. The second kappa shape index (κ2) is 9.29. The Balaban J connectivity index is 2.44. The van der Waals surface area contributed by atoms with Crippen LogP contribution < -0.4 is 9.47 Å². The summed E-state index contributed by atoms with van der Waals surface area (Å²) in [4.78, 5) is 19.4. The Morgan fingerprint density at radius 3 is 2.44 bits per heavy atom. The summed E-state index contributed by atoms with van der Waals surface area (Å²) in [6, 6.07) is 3.77. The van der Waals surface area contributed by atoms with Crippen molar-refractivity contribution in [2.45, 2.75) is 27.7 Å². The van der Waals surface area contributed by atoms with Gasteiger partial charge in [0.15, 0.2) is 5.17 Å². The van der Waals surface area contributed by atoms with Crippen LogP contribution in [0.15, 0.2) is 26.5 Å². The van der Waals surface area contributed by atoms with Gasteiger partial charge >= 0.3 is 0 Å². The highest BCUT2D eigenvalue weighted by Gasteiger charge is 2.32. The van der Waals surface area contributed by atoms with Crippen molar-refractivity contribution in [1.29, 1.82) is 0 Å². The Hall–Kier alpha value is -1.47. The fourth-order valence-electron chi connectivity index (χ4n) is 2.39. The number of benzene rings is 1. The summed E-state index contributed by atoms with van der Waals surface area (Å²) in [5.74, 6) is 1.40. The number of nitrogens with zero attached hydrogens (tertiary/aromatic N) is 2. The molecule has 0 saturated carbocycles. The number of rotatable bonds is 7. The average molecular weight is 427 g/mol. The van der Waals surface area contributed by atoms with Gasteiger partial charge in [0.2, 0.25) is 0 Å². The summed E-state index contributed by atoms with van der Waals surface area (Å²) < 4.78 is 12.2. The summed E-state index contributed by atoms with van der Waals surface area (Å²) >= 11 is 4.93. The molecule has 0 radical (unpaired) electrons. The Labute approximate surface area is 161 Å². The van der Waals surface area contributed by atoms with Crippen molar-refractivity contribution >= 4 is 44.8 Å². The van der Waals surface area contributed by atoms with E-state index in [1.54, 1.807) is 4.90 Å². The first-order valence-electron chi connectivity index (χ1n) is 8.40. The van der Waals surface area contributed by atoms with E-state index in [9.17, 15) is 4.79 Å². The minimum absolute atomic E-state index is 0.0212. The Morgan fingerprint density at radius 2 is 1.84 bits per heavy atom. The quantitative estimate of drug-likeness (QED) is 0.599. The van der Waals surface area contributed by atoms with Gasteiger partial charge in [-0.25, -0.2) is 0 Å². The fourth-order valence-corrected chi connectivity index (χ4v) is 3.96. The highest BCUT2D eigenvalue weighted by Crippen LogP contribution is 2.38. The van der Waals surface area contributed by atoms with Crippen molar-refractivity contribution in [3.8, 4) is 11.5 Å². The Morgan fingerprint density at radius 1 is 1.16 bits per heavy atom. The van der Waals surface area contributed by atoms with E-state index in [0.717, 1.165) is 21.0 Å². The second-order valence-corrected chi connectivity index (χ2v) is 6.97. The van der Waals surface area contributed by atoms with Crippen LogP contribution >= 0.6 is 27.7 Å². The van der Waals surface area contributed by atoms with Crippen LogP contribution in [0.1, 0.15) is 33.3 Å². The number of thioether (sulfide) groups is 1. The lowest BCUT2D eigenvalue weighted by Crippen LogP contribution is -2.28. The van der Waals surface area contributed by atoms with Crippen molar-refractivity contribution in [2.24, 2.45) is 4.99 Å². The number of hydrogen-bond acceptors (Lipinski definition) is 5. The number of carbonyl (C=O) groups excluding carboxylic acids is 1. The topological polar surface area (TPSA) is 51.1 Å². The molecule has 1 heterocycles. The summed E-state index contributed by atoms with van der Waals surface area (Å²) in [5.41, 5.74) is 0.835. The van der Waals surface area contributed by atoms with Crippen LogP contribution in [0.4, 0.5) is 0 Å². The van der Waals surface area contributed by atoms with Crippen molar-refractivity contribution in [3.05, 3.63) is 27.1 Å². The van der Waals surface area contributed by atoms with Crippen molar-refractivity contribution in [1.82, 2.24) is 4.90 Å². The van der Waals surface area contributed by atoms with E-state index >= 15 is 0 Å². The van der Waals surface area contributed by atoms with Crippen LogP contribution in [0.3, 0.4) is 0 Å². The number of ether oxygens (including phenoxy) is 2. The van der Waals surface area contributed by atoms with E-state index in [1.165, 1.54) is 11.8 Å². The standard InChI is InChI=1S/C18H23BrN2O3S/c1-5-20-18-21(6-2)17(22)16(25-18)10-12-9-13(19)15(24-8-4)11-14(12)23-7-3/h9-11H,5-8H2,1-4H3/b16-10+,20-18?. The summed E-state index contributed by atoms with van der Waals surface area (Å²) in [7, 11) is 0. The fraction of sp³-hybridized carbons (Fsp3) is 0.444. The van der Waals surface area contributed by atoms with E-state index in [4.69, 9.17) is 9.47 Å². The molecule has 0 aromatic heterocycles. The predicted molar refractivity (Wildman–Crippen MR) is 107 cm³/mol. The molecule has 0 spiro atoms. The number of carbonyl (C=O) groups is 1. The van der Waals surface area contributed by atoms with Gasteiger partial charge in [0.05, 0.1) is 22.6 Å². The third kappa shape index (κ3) is 4.58. The predicted octanol–water partition coefficient (Wildman–Crippen LogP) is 4.56. The molecule has 0 bridgehead atoms.